The van der Waals surface area contributed by atoms with E-state index in [9.17, 15) is 4.79 Å². The summed E-state index contributed by atoms with van der Waals surface area (Å²) in [5.74, 6) is -0.0419. The molecule has 0 aliphatic rings. The molecule has 0 amide bonds. The van der Waals surface area contributed by atoms with E-state index in [2.05, 4.69) is 73.7 Å². The summed E-state index contributed by atoms with van der Waals surface area (Å²) in [5.41, 5.74) is 2.45. The molecule has 2 atom stereocenters. The fourth-order valence-corrected chi connectivity index (χ4v) is 4.65. The van der Waals surface area contributed by atoms with Gasteiger partial charge in [0.15, 0.2) is 0 Å². The number of esters is 1. The fraction of sp³-hybridized carbons (Fsp3) is 0.258. The van der Waals surface area contributed by atoms with Crippen LogP contribution in [0, 0.1) is 5.92 Å². The van der Waals surface area contributed by atoms with Gasteiger partial charge in [-0.3, -0.25) is 4.79 Å². The second-order valence-corrected chi connectivity index (χ2v) is 8.68. The molecule has 4 aromatic rings. The molecule has 34 heavy (non-hydrogen) atoms. The Balaban J connectivity index is 1.30. The van der Waals surface area contributed by atoms with Gasteiger partial charge in [0.25, 0.3) is 0 Å². The van der Waals surface area contributed by atoms with Crippen molar-refractivity contribution in [3.63, 3.8) is 0 Å². The lowest BCUT2D eigenvalue weighted by Crippen LogP contribution is -2.10. The van der Waals surface area contributed by atoms with Crippen molar-refractivity contribution in [3.05, 3.63) is 108 Å². The van der Waals surface area contributed by atoms with E-state index >= 15 is 0 Å². The lowest BCUT2D eigenvalue weighted by molar-refractivity contribution is -0.142. The summed E-state index contributed by atoms with van der Waals surface area (Å²) in [6, 6.07) is 29.4. The Bertz CT molecular complexity index is 1210. The monoisotopic (exact) mass is 452 g/mol. The quantitative estimate of drug-likeness (QED) is 0.109. The van der Waals surface area contributed by atoms with Gasteiger partial charge in [0.2, 0.25) is 0 Å². The van der Waals surface area contributed by atoms with Gasteiger partial charge in [-0.2, -0.15) is 0 Å². The smallest absolute Gasteiger partial charge is 0.309 e. The third kappa shape index (κ3) is 5.73. The summed E-state index contributed by atoms with van der Waals surface area (Å²) in [6.07, 6.45) is 5.82. The molecule has 0 aliphatic heterocycles. The molecule has 4 aromatic carbocycles. The first kappa shape index (κ1) is 23.7. The van der Waals surface area contributed by atoms with E-state index in [-0.39, 0.29) is 24.4 Å². The zero-order chi connectivity index (χ0) is 23.8. The standard InChI is InChI=1S/C31H32O3/c1-23(31(33-2)24-13-4-3-5-14-24)12-10-20-30(32)34-21-11-19-29-27-17-8-6-15-25(27)22-26-16-7-9-18-28(26)29/h3-10,12-18,22-23,31H,11,19-21H2,1-2H3/b12-10+/t23-,31+/m1/s1. The van der Waals surface area contributed by atoms with E-state index in [1.54, 1.807) is 7.11 Å². The van der Waals surface area contributed by atoms with Crippen LogP contribution < -0.4 is 0 Å². The maximum absolute atomic E-state index is 12.3. The van der Waals surface area contributed by atoms with E-state index in [0.29, 0.717) is 6.61 Å². The summed E-state index contributed by atoms with van der Waals surface area (Å²) >= 11 is 0. The first-order valence-corrected chi connectivity index (χ1v) is 12.0. The van der Waals surface area contributed by atoms with Gasteiger partial charge in [-0.15, -0.1) is 0 Å². The van der Waals surface area contributed by atoms with Crippen molar-refractivity contribution in [1.82, 2.24) is 0 Å². The second kappa shape index (κ2) is 11.6. The molecule has 174 valence electrons. The minimum Gasteiger partial charge on any atom is -0.465 e. The third-order valence-electron chi connectivity index (χ3n) is 6.30. The molecule has 0 fully saturated rings. The zero-order valence-corrected chi connectivity index (χ0v) is 19.9. The molecule has 0 heterocycles. The summed E-state index contributed by atoms with van der Waals surface area (Å²) in [6.45, 7) is 2.52. The molecule has 0 saturated carbocycles. The number of hydrogen-bond acceptors (Lipinski definition) is 3. The predicted octanol–water partition coefficient (Wildman–Crippen LogP) is 7.44. The van der Waals surface area contributed by atoms with E-state index in [1.807, 2.05) is 30.4 Å². The Morgan fingerprint density at radius 3 is 2.15 bits per heavy atom. The van der Waals surface area contributed by atoms with Crippen LogP contribution in [0.25, 0.3) is 21.5 Å². The average Bonchev–Trinajstić information content (AvgIpc) is 2.87. The number of benzene rings is 4. The lowest BCUT2D eigenvalue weighted by atomic mass is 9.94. The number of methoxy groups -OCH3 is 1. The van der Waals surface area contributed by atoms with Crippen LogP contribution in [0.4, 0.5) is 0 Å². The molecule has 0 N–H and O–H groups in total. The Morgan fingerprint density at radius 1 is 0.882 bits per heavy atom. The van der Waals surface area contributed by atoms with Gasteiger partial charge < -0.3 is 9.47 Å². The molecule has 0 aromatic heterocycles. The van der Waals surface area contributed by atoms with Crippen molar-refractivity contribution in [2.24, 2.45) is 5.92 Å². The van der Waals surface area contributed by atoms with Crippen LogP contribution in [0.1, 0.15) is 37.0 Å². The zero-order valence-electron chi connectivity index (χ0n) is 19.9. The van der Waals surface area contributed by atoms with Crippen LogP contribution in [0.3, 0.4) is 0 Å². The van der Waals surface area contributed by atoms with Crippen molar-refractivity contribution in [2.75, 3.05) is 13.7 Å². The SMILES string of the molecule is CO[C@H](c1ccccc1)[C@H](C)/C=C/CC(=O)OCCCc1c2ccccc2cc2ccccc12. The van der Waals surface area contributed by atoms with Gasteiger partial charge in [0.05, 0.1) is 19.1 Å². The van der Waals surface area contributed by atoms with Crippen LogP contribution >= 0.6 is 0 Å². The van der Waals surface area contributed by atoms with Gasteiger partial charge in [-0.05, 0) is 51.6 Å². The topological polar surface area (TPSA) is 35.5 Å². The van der Waals surface area contributed by atoms with Gasteiger partial charge >= 0.3 is 5.97 Å². The minimum absolute atomic E-state index is 0.0380. The number of aryl methyl sites for hydroxylation is 1. The maximum Gasteiger partial charge on any atom is 0.309 e. The normalized spacial score (nSPS) is 13.4. The van der Waals surface area contributed by atoms with E-state index < -0.39 is 0 Å². The van der Waals surface area contributed by atoms with Crippen molar-refractivity contribution in [3.8, 4) is 0 Å². The molecular formula is C31H32O3. The highest BCUT2D eigenvalue weighted by atomic mass is 16.5. The number of carbonyl (C=O) groups is 1. The predicted molar refractivity (Wildman–Crippen MR) is 140 cm³/mol. The Labute approximate surface area is 202 Å². The van der Waals surface area contributed by atoms with Crippen LogP contribution in [0.15, 0.2) is 97.1 Å². The van der Waals surface area contributed by atoms with Gasteiger partial charge in [0, 0.05) is 13.0 Å². The average molecular weight is 453 g/mol. The van der Waals surface area contributed by atoms with E-state index in [1.165, 1.54) is 27.1 Å². The van der Waals surface area contributed by atoms with Gasteiger partial charge in [0.1, 0.15) is 0 Å². The summed E-state index contributed by atoms with van der Waals surface area (Å²) in [7, 11) is 1.72. The summed E-state index contributed by atoms with van der Waals surface area (Å²) in [4.78, 5) is 12.3. The first-order valence-electron chi connectivity index (χ1n) is 12.0. The minimum atomic E-state index is -0.195. The maximum atomic E-state index is 12.3. The highest BCUT2D eigenvalue weighted by Gasteiger charge is 2.16. The fourth-order valence-electron chi connectivity index (χ4n) is 4.65. The first-order chi connectivity index (χ1) is 16.7. The van der Waals surface area contributed by atoms with Gasteiger partial charge in [-0.25, -0.2) is 0 Å². The molecule has 0 spiro atoms. The molecule has 0 radical (unpaired) electrons. The third-order valence-corrected chi connectivity index (χ3v) is 6.30. The highest BCUT2D eigenvalue weighted by Crippen LogP contribution is 2.29. The lowest BCUT2D eigenvalue weighted by Gasteiger charge is -2.20. The second-order valence-electron chi connectivity index (χ2n) is 8.68. The van der Waals surface area contributed by atoms with Crippen LogP contribution in [-0.2, 0) is 20.7 Å². The van der Waals surface area contributed by atoms with Crippen molar-refractivity contribution < 1.29 is 14.3 Å². The number of hydrogen-bond donors (Lipinski definition) is 0. The molecule has 0 bridgehead atoms. The van der Waals surface area contributed by atoms with Crippen molar-refractivity contribution >= 4 is 27.5 Å². The summed E-state index contributed by atoms with van der Waals surface area (Å²) < 4.78 is 11.2. The molecular weight excluding hydrogens is 420 g/mol. The number of fused-ring (bicyclic) bond motifs is 2. The molecule has 4 rings (SSSR count). The molecule has 0 unspecified atom stereocenters. The van der Waals surface area contributed by atoms with Gasteiger partial charge in [-0.1, -0.05) is 97.9 Å². The summed E-state index contributed by atoms with van der Waals surface area (Å²) in [5, 5.41) is 5.04. The number of rotatable bonds is 10. The Morgan fingerprint density at radius 2 is 1.50 bits per heavy atom. The van der Waals surface area contributed by atoms with Crippen molar-refractivity contribution in [1.29, 1.82) is 0 Å². The number of ether oxygens (including phenoxy) is 2. The van der Waals surface area contributed by atoms with Crippen LogP contribution in [0.5, 0.6) is 0 Å². The van der Waals surface area contributed by atoms with E-state index in [0.717, 1.165) is 18.4 Å². The molecule has 0 aliphatic carbocycles. The Kier molecular flexibility index (Phi) is 8.11. The molecule has 3 nitrogen and oxygen atoms in total. The molecule has 3 heteroatoms. The highest BCUT2D eigenvalue weighted by molar-refractivity contribution is 6.02. The van der Waals surface area contributed by atoms with Crippen LogP contribution in [-0.4, -0.2) is 19.7 Å². The van der Waals surface area contributed by atoms with Crippen LogP contribution in [0.2, 0.25) is 0 Å². The largest absolute Gasteiger partial charge is 0.465 e. The Hall–Kier alpha value is -3.43. The number of carbonyl (C=O) groups excluding carboxylic acids is 1. The van der Waals surface area contributed by atoms with Crippen molar-refractivity contribution in [2.45, 2.75) is 32.3 Å². The van der Waals surface area contributed by atoms with E-state index in [4.69, 9.17) is 9.47 Å². The molecule has 0 saturated heterocycles.